The SMILES string of the molecule is CC(C)c1ccccc1C(=O)C(=O)c1ccccc1. The third-order valence-electron chi connectivity index (χ3n) is 3.07. The van der Waals surface area contributed by atoms with E-state index in [1.165, 1.54) is 0 Å². The lowest BCUT2D eigenvalue weighted by Crippen LogP contribution is -2.16. The van der Waals surface area contributed by atoms with Crippen LogP contribution in [0.5, 0.6) is 0 Å². The van der Waals surface area contributed by atoms with Crippen molar-refractivity contribution in [2.45, 2.75) is 19.8 Å². The van der Waals surface area contributed by atoms with Crippen LogP contribution in [0.1, 0.15) is 46.0 Å². The van der Waals surface area contributed by atoms with Gasteiger partial charge in [-0.1, -0.05) is 68.4 Å². The van der Waals surface area contributed by atoms with Gasteiger partial charge in [-0.3, -0.25) is 9.59 Å². The van der Waals surface area contributed by atoms with Crippen LogP contribution in [0.2, 0.25) is 0 Å². The monoisotopic (exact) mass is 252 g/mol. The van der Waals surface area contributed by atoms with E-state index in [4.69, 9.17) is 0 Å². The summed E-state index contributed by atoms with van der Waals surface area (Å²) in [6, 6.07) is 16.0. The highest BCUT2D eigenvalue weighted by Gasteiger charge is 2.21. The van der Waals surface area contributed by atoms with Gasteiger partial charge in [0.2, 0.25) is 11.6 Å². The van der Waals surface area contributed by atoms with E-state index < -0.39 is 11.6 Å². The van der Waals surface area contributed by atoms with E-state index in [-0.39, 0.29) is 5.92 Å². The zero-order valence-corrected chi connectivity index (χ0v) is 11.1. The number of rotatable bonds is 4. The molecule has 96 valence electrons. The quantitative estimate of drug-likeness (QED) is 0.611. The minimum absolute atomic E-state index is 0.212. The first-order valence-corrected chi connectivity index (χ1v) is 6.34. The molecule has 0 heterocycles. The highest BCUT2D eigenvalue weighted by atomic mass is 16.2. The second-order valence-corrected chi connectivity index (χ2v) is 4.77. The largest absolute Gasteiger partial charge is 0.285 e. The summed E-state index contributed by atoms with van der Waals surface area (Å²) in [5.41, 5.74) is 1.86. The molecule has 0 radical (unpaired) electrons. The maximum Gasteiger partial charge on any atom is 0.233 e. The summed E-state index contributed by atoms with van der Waals surface area (Å²) in [5, 5.41) is 0. The van der Waals surface area contributed by atoms with E-state index in [2.05, 4.69) is 0 Å². The number of carbonyl (C=O) groups excluding carboxylic acids is 2. The summed E-state index contributed by atoms with van der Waals surface area (Å²) in [6.07, 6.45) is 0. The summed E-state index contributed by atoms with van der Waals surface area (Å²) in [6.45, 7) is 4.03. The van der Waals surface area contributed by atoms with Crippen LogP contribution in [0.4, 0.5) is 0 Å². The fourth-order valence-corrected chi connectivity index (χ4v) is 2.05. The number of carbonyl (C=O) groups is 2. The predicted molar refractivity (Wildman–Crippen MR) is 75.6 cm³/mol. The first-order valence-electron chi connectivity index (χ1n) is 6.34. The molecule has 0 saturated heterocycles. The standard InChI is InChI=1S/C17H16O2/c1-12(2)14-10-6-7-11-15(14)17(19)16(18)13-8-4-3-5-9-13/h3-12H,1-2H3. The van der Waals surface area contributed by atoms with Crippen molar-refractivity contribution in [3.63, 3.8) is 0 Å². The molecule has 2 aromatic carbocycles. The molecule has 0 spiro atoms. The number of hydrogen-bond acceptors (Lipinski definition) is 2. The molecule has 0 amide bonds. The van der Waals surface area contributed by atoms with Crippen molar-refractivity contribution in [2.24, 2.45) is 0 Å². The van der Waals surface area contributed by atoms with Gasteiger partial charge in [-0.25, -0.2) is 0 Å². The molecular weight excluding hydrogens is 236 g/mol. The number of hydrogen-bond donors (Lipinski definition) is 0. The Morgan fingerprint density at radius 2 is 1.37 bits per heavy atom. The minimum Gasteiger partial charge on any atom is -0.285 e. The Bertz CT molecular complexity index is 598. The first kappa shape index (κ1) is 13.2. The summed E-state index contributed by atoms with van der Waals surface area (Å²) in [5.74, 6) is -0.673. The minimum atomic E-state index is -0.450. The molecule has 0 fully saturated rings. The summed E-state index contributed by atoms with van der Waals surface area (Å²) >= 11 is 0. The van der Waals surface area contributed by atoms with Crippen LogP contribution in [-0.4, -0.2) is 11.6 Å². The molecule has 0 aliphatic rings. The lowest BCUT2D eigenvalue weighted by molar-refractivity contribution is 0.0816. The Kier molecular flexibility index (Phi) is 3.91. The number of benzene rings is 2. The third-order valence-corrected chi connectivity index (χ3v) is 3.07. The Balaban J connectivity index is 2.38. The highest BCUT2D eigenvalue weighted by Crippen LogP contribution is 2.20. The van der Waals surface area contributed by atoms with Crippen LogP contribution < -0.4 is 0 Å². The average molecular weight is 252 g/mol. The van der Waals surface area contributed by atoms with Gasteiger partial charge in [0.05, 0.1) is 0 Å². The zero-order valence-electron chi connectivity index (χ0n) is 11.1. The van der Waals surface area contributed by atoms with Gasteiger partial charge >= 0.3 is 0 Å². The molecule has 0 aromatic heterocycles. The molecule has 0 saturated carbocycles. The normalized spacial score (nSPS) is 10.5. The van der Waals surface area contributed by atoms with Gasteiger partial charge in [0, 0.05) is 11.1 Å². The van der Waals surface area contributed by atoms with Gasteiger partial charge in [-0.2, -0.15) is 0 Å². The van der Waals surface area contributed by atoms with Crippen molar-refractivity contribution in [1.29, 1.82) is 0 Å². The summed E-state index contributed by atoms with van der Waals surface area (Å²) < 4.78 is 0. The van der Waals surface area contributed by atoms with Gasteiger partial charge in [0.25, 0.3) is 0 Å². The van der Waals surface area contributed by atoms with Crippen LogP contribution >= 0.6 is 0 Å². The van der Waals surface area contributed by atoms with Crippen LogP contribution in [0.15, 0.2) is 54.6 Å². The molecule has 0 unspecified atom stereocenters. The highest BCUT2D eigenvalue weighted by molar-refractivity contribution is 6.49. The van der Waals surface area contributed by atoms with Gasteiger partial charge in [0.1, 0.15) is 0 Å². The van der Waals surface area contributed by atoms with Crippen LogP contribution in [0.25, 0.3) is 0 Å². The van der Waals surface area contributed by atoms with Gasteiger partial charge in [-0.15, -0.1) is 0 Å². The maximum absolute atomic E-state index is 12.3. The molecule has 0 N–H and O–H groups in total. The molecule has 0 bridgehead atoms. The predicted octanol–water partition coefficient (Wildman–Crippen LogP) is 3.88. The van der Waals surface area contributed by atoms with Crippen LogP contribution in [0, 0.1) is 0 Å². The molecule has 0 atom stereocenters. The second kappa shape index (κ2) is 5.61. The van der Waals surface area contributed by atoms with Crippen molar-refractivity contribution in [2.75, 3.05) is 0 Å². The van der Waals surface area contributed by atoms with Gasteiger partial charge in [0.15, 0.2) is 0 Å². The first-order chi connectivity index (χ1) is 9.11. The summed E-state index contributed by atoms with van der Waals surface area (Å²) in [7, 11) is 0. The van der Waals surface area contributed by atoms with Gasteiger partial charge < -0.3 is 0 Å². The van der Waals surface area contributed by atoms with E-state index in [9.17, 15) is 9.59 Å². The molecule has 2 rings (SSSR count). The Morgan fingerprint density at radius 3 is 2.00 bits per heavy atom. The van der Waals surface area contributed by atoms with Crippen molar-refractivity contribution < 1.29 is 9.59 Å². The van der Waals surface area contributed by atoms with Gasteiger partial charge in [-0.05, 0) is 11.5 Å². The molecular formula is C17H16O2. The summed E-state index contributed by atoms with van der Waals surface area (Å²) in [4.78, 5) is 24.5. The lowest BCUT2D eigenvalue weighted by Gasteiger charge is -2.10. The Morgan fingerprint density at radius 1 is 0.789 bits per heavy atom. The molecule has 19 heavy (non-hydrogen) atoms. The van der Waals surface area contributed by atoms with E-state index in [1.807, 2.05) is 32.0 Å². The zero-order chi connectivity index (χ0) is 13.8. The van der Waals surface area contributed by atoms with Crippen molar-refractivity contribution in [3.05, 3.63) is 71.3 Å². The Hall–Kier alpha value is -2.22. The van der Waals surface area contributed by atoms with E-state index in [0.29, 0.717) is 11.1 Å². The van der Waals surface area contributed by atoms with Crippen molar-refractivity contribution >= 4 is 11.6 Å². The van der Waals surface area contributed by atoms with E-state index in [0.717, 1.165) is 5.56 Å². The fraction of sp³-hybridized carbons (Fsp3) is 0.176. The molecule has 2 aromatic rings. The molecule has 0 aliphatic heterocycles. The Labute approximate surface area is 113 Å². The maximum atomic E-state index is 12.3. The fourth-order valence-electron chi connectivity index (χ4n) is 2.05. The molecule has 2 heteroatoms. The molecule has 0 aliphatic carbocycles. The topological polar surface area (TPSA) is 34.1 Å². The van der Waals surface area contributed by atoms with Crippen molar-refractivity contribution in [3.8, 4) is 0 Å². The van der Waals surface area contributed by atoms with E-state index in [1.54, 1.807) is 36.4 Å². The smallest absolute Gasteiger partial charge is 0.233 e. The third kappa shape index (κ3) is 2.79. The van der Waals surface area contributed by atoms with E-state index >= 15 is 0 Å². The van der Waals surface area contributed by atoms with Crippen molar-refractivity contribution in [1.82, 2.24) is 0 Å². The number of ketones is 2. The van der Waals surface area contributed by atoms with Crippen LogP contribution in [0.3, 0.4) is 0 Å². The second-order valence-electron chi connectivity index (χ2n) is 4.77. The molecule has 2 nitrogen and oxygen atoms in total. The lowest BCUT2D eigenvalue weighted by atomic mass is 9.92. The van der Waals surface area contributed by atoms with Crippen LogP contribution in [-0.2, 0) is 0 Å². The average Bonchev–Trinajstić information content (AvgIpc) is 2.46. The number of Topliss-reactive ketones (excluding diaryl/α,β-unsaturated/α-hetero) is 2.